The topological polar surface area (TPSA) is 32.3 Å². The van der Waals surface area contributed by atoms with Crippen molar-refractivity contribution in [1.82, 2.24) is 0 Å². The van der Waals surface area contributed by atoms with E-state index in [4.69, 9.17) is 5.11 Å². The molecule has 15 heavy (non-hydrogen) atoms. The van der Waals surface area contributed by atoms with Crippen molar-refractivity contribution in [2.24, 2.45) is 0 Å². The summed E-state index contributed by atoms with van der Waals surface area (Å²) in [6.45, 7) is 1.15. The predicted molar refractivity (Wildman–Crippen MR) is 46.4 cm³/mol. The molecular weight excluding hydrogens is 214 g/mol. The molecule has 0 radical (unpaired) electrons. The van der Waals surface area contributed by atoms with Crippen molar-refractivity contribution in [2.45, 2.75) is 13.0 Å². The normalized spacial score (nSPS) is 12.7. The number of halogens is 4. The van der Waals surface area contributed by atoms with E-state index in [1.54, 1.807) is 0 Å². The second-order valence-electron chi connectivity index (χ2n) is 3.07. The molecule has 0 spiro atoms. The molecule has 0 fully saturated rings. The maximum Gasteiger partial charge on any atom is 0.185 e. The van der Waals surface area contributed by atoms with Crippen molar-refractivity contribution in [2.75, 3.05) is 11.9 Å². The monoisotopic (exact) mass is 223 g/mol. The molecule has 1 aromatic rings. The van der Waals surface area contributed by atoms with Crippen molar-refractivity contribution in [3.8, 4) is 0 Å². The average Bonchev–Trinajstić information content (AvgIpc) is 2.14. The summed E-state index contributed by atoms with van der Waals surface area (Å²) in [7, 11) is 0. The Labute approximate surface area is 83.5 Å². The van der Waals surface area contributed by atoms with Gasteiger partial charge in [-0.2, -0.15) is 0 Å². The second kappa shape index (κ2) is 4.48. The lowest BCUT2D eigenvalue weighted by Crippen LogP contribution is -2.17. The van der Waals surface area contributed by atoms with Crippen molar-refractivity contribution in [3.05, 3.63) is 29.3 Å². The molecule has 0 amide bonds. The Kier molecular flexibility index (Phi) is 3.52. The van der Waals surface area contributed by atoms with Crippen LogP contribution in [0.15, 0.2) is 6.07 Å². The lowest BCUT2D eigenvalue weighted by molar-refractivity contribution is 0.208. The Balaban J connectivity index is 3.04. The van der Waals surface area contributed by atoms with Gasteiger partial charge in [-0.25, -0.2) is 17.6 Å². The Hall–Kier alpha value is -1.30. The minimum Gasteiger partial charge on any atom is -0.392 e. The van der Waals surface area contributed by atoms with Crippen LogP contribution in [0.4, 0.5) is 23.2 Å². The molecule has 0 unspecified atom stereocenters. The van der Waals surface area contributed by atoms with Gasteiger partial charge >= 0.3 is 0 Å². The van der Waals surface area contributed by atoms with Crippen LogP contribution in [-0.4, -0.2) is 17.8 Å². The van der Waals surface area contributed by atoms with E-state index in [-0.39, 0.29) is 12.6 Å². The smallest absolute Gasteiger partial charge is 0.185 e. The number of benzene rings is 1. The van der Waals surface area contributed by atoms with Crippen molar-refractivity contribution in [1.29, 1.82) is 0 Å². The van der Waals surface area contributed by atoms with Crippen molar-refractivity contribution in [3.63, 3.8) is 0 Å². The maximum absolute atomic E-state index is 13.0. The van der Waals surface area contributed by atoms with Crippen LogP contribution in [0.1, 0.15) is 6.92 Å². The number of hydrogen-bond donors (Lipinski definition) is 2. The van der Waals surface area contributed by atoms with E-state index in [2.05, 4.69) is 5.32 Å². The molecule has 0 saturated heterocycles. The van der Waals surface area contributed by atoms with Gasteiger partial charge in [0, 0.05) is 12.6 Å². The van der Waals surface area contributed by atoms with Crippen molar-refractivity contribution < 1.29 is 22.7 Å². The molecule has 1 aromatic carbocycles. The number of hydrogen-bond acceptors (Lipinski definition) is 2. The van der Waals surface area contributed by atoms with Crippen LogP contribution in [0.3, 0.4) is 0 Å². The maximum atomic E-state index is 13.0. The zero-order valence-electron chi connectivity index (χ0n) is 7.82. The molecule has 0 aromatic heterocycles. The Morgan fingerprint density at radius 3 is 2.07 bits per heavy atom. The van der Waals surface area contributed by atoms with E-state index in [1.807, 2.05) is 0 Å². The van der Waals surface area contributed by atoms with Crippen molar-refractivity contribution >= 4 is 5.69 Å². The third kappa shape index (κ3) is 2.59. The van der Waals surface area contributed by atoms with E-state index < -0.39 is 35.1 Å². The quantitative estimate of drug-likeness (QED) is 0.607. The lowest BCUT2D eigenvalue weighted by Gasteiger charge is -2.11. The summed E-state index contributed by atoms with van der Waals surface area (Å²) in [5.74, 6) is -5.98. The van der Waals surface area contributed by atoms with E-state index >= 15 is 0 Å². The number of rotatable bonds is 3. The molecule has 1 rings (SSSR count). The third-order valence-electron chi connectivity index (χ3n) is 1.69. The van der Waals surface area contributed by atoms with E-state index in [0.717, 1.165) is 0 Å². The average molecular weight is 223 g/mol. The number of anilines is 1. The van der Waals surface area contributed by atoms with Gasteiger partial charge in [-0.1, -0.05) is 0 Å². The first-order valence-electron chi connectivity index (χ1n) is 4.18. The first kappa shape index (κ1) is 11.8. The van der Waals surface area contributed by atoms with E-state index in [9.17, 15) is 17.6 Å². The van der Waals surface area contributed by atoms with Gasteiger partial charge in [0.15, 0.2) is 23.3 Å². The largest absolute Gasteiger partial charge is 0.392 e. The summed E-state index contributed by atoms with van der Waals surface area (Å²) in [5, 5.41) is 10.9. The van der Waals surface area contributed by atoms with E-state index in [1.165, 1.54) is 6.92 Å². The molecule has 0 saturated carbocycles. The zero-order chi connectivity index (χ0) is 11.6. The van der Waals surface area contributed by atoms with Gasteiger partial charge in [0.1, 0.15) is 5.69 Å². The van der Waals surface area contributed by atoms with Crippen LogP contribution in [0, 0.1) is 23.3 Å². The number of aliphatic hydroxyl groups excluding tert-OH is 1. The fourth-order valence-electron chi connectivity index (χ4n) is 0.978. The molecule has 6 heteroatoms. The summed E-state index contributed by atoms with van der Waals surface area (Å²) in [6.07, 6.45) is -0.893. The minimum absolute atomic E-state index is 0.123. The van der Waals surface area contributed by atoms with Gasteiger partial charge < -0.3 is 10.4 Å². The van der Waals surface area contributed by atoms with Crippen LogP contribution < -0.4 is 5.32 Å². The summed E-state index contributed by atoms with van der Waals surface area (Å²) in [6, 6.07) is 0.123. The summed E-state index contributed by atoms with van der Waals surface area (Å²) in [4.78, 5) is 0. The molecule has 2 N–H and O–H groups in total. The van der Waals surface area contributed by atoms with Gasteiger partial charge in [0.25, 0.3) is 0 Å². The second-order valence-corrected chi connectivity index (χ2v) is 3.07. The molecule has 1 atom stereocenters. The molecule has 84 valence electrons. The van der Waals surface area contributed by atoms with Crippen LogP contribution in [-0.2, 0) is 0 Å². The lowest BCUT2D eigenvalue weighted by atomic mass is 10.2. The van der Waals surface area contributed by atoms with Crippen LogP contribution in [0.5, 0.6) is 0 Å². The highest BCUT2D eigenvalue weighted by molar-refractivity contribution is 5.47. The Bertz CT molecular complexity index is 341. The fourth-order valence-corrected chi connectivity index (χ4v) is 0.978. The number of nitrogens with one attached hydrogen (secondary N) is 1. The van der Waals surface area contributed by atoms with Crippen LogP contribution in [0.25, 0.3) is 0 Å². The van der Waals surface area contributed by atoms with Gasteiger partial charge in [-0.05, 0) is 6.92 Å². The highest BCUT2D eigenvalue weighted by Gasteiger charge is 2.18. The molecule has 0 heterocycles. The molecule has 0 bridgehead atoms. The van der Waals surface area contributed by atoms with Gasteiger partial charge in [0.05, 0.1) is 6.10 Å². The highest BCUT2D eigenvalue weighted by atomic mass is 19.2. The summed E-state index contributed by atoms with van der Waals surface area (Å²) < 4.78 is 51.3. The Morgan fingerprint density at radius 1 is 1.20 bits per heavy atom. The standard InChI is InChI=1S/C9H9F4NO/c1-4(15)3-14-9-7(12)5(10)2-6(11)8(9)13/h2,4,14-15H,3H2,1H3/t4-/m0/s1. The first-order valence-corrected chi connectivity index (χ1v) is 4.18. The first-order chi connectivity index (χ1) is 6.93. The van der Waals surface area contributed by atoms with Gasteiger partial charge in [-0.15, -0.1) is 0 Å². The Morgan fingerprint density at radius 2 is 1.67 bits per heavy atom. The van der Waals surface area contributed by atoms with E-state index in [0.29, 0.717) is 0 Å². The van der Waals surface area contributed by atoms with Crippen LogP contribution >= 0.6 is 0 Å². The molecule has 0 aliphatic carbocycles. The third-order valence-corrected chi connectivity index (χ3v) is 1.69. The SMILES string of the molecule is C[C@H](O)CNc1c(F)c(F)cc(F)c1F. The summed E-state index contributed by atoms with van der Waals surface area (Å²) in [5.41, 5.74) is -0.909. The summed E-state index contributed by atoms with van der Waals surface area (Å²) >= 11 is 0. The van der Waals surface area contributed by atoms with Gasteiger partial charge in [0.2, 0.25) is 0 Å². The van der Waals surface area contributed by atoms with Gasteiger partial charge in [-0.3, -0.25) is 0 Å². The highest BCUT2D eigenvalue weighted by Crippen LogP contribution is 2.23. The molecule has 0 aliphatic rings. The molecule has 0 aliphatic heterocycles. The van der Waals surface area contributed by atoms with Crippen LogP contribution in [0.2, 0.25) is 0 Å². The predicted octanol–water partition coefficient (Wildman–Crippen LogP) is 2.04. The zero-order valence-corrected chi connectivity index (χ0v) is 7.82. The fraction of sp³-hybridized carbons (Fsp3) is 0.333. The number of aliphatic hydroxyl groups is 1. The molecular formula is C9H9F4NO. The minimum atomic E-state index is -1.51. The molecule has 2 nitrogen and oxygen atoms in total.